The second kappa shape index (κ2) is 6.39. The smallest absolute Gasteiger partial charge is 0.408 e. The Kier molecular flexibility index (Phi) is 4.02. The van der Waals surface area contributed by atoms with Crippen LogP contribution in [0, 0.1) is 5.92 Å². The van der Waals surface area contributed by atoms with Crippen molar-refractivity contribution in [2.24, 2.45) is 5.92 Å². The lowest BCUT2D eigenvalue weighted by atomic mass is 9.76. The largest absolute Gasteiger partial charge is 0.465 e. The highest BCUT2D eigenvalue weighted by Crippen LogP contribution is 2.43. The Hall–Kier alpha value is -1.85. The predicted molar refractivity (Wildman–Crippen MR) is 103 cm³/mol. The average molecular weight is 369 g/mol. The summed E-state index contributed by atoms with van der Waals surface area (Å²) < 4.78 is 0. The zero-order chi connectivity index (χ0) is 17.7. The molecule has 5 heterocycles. The summed E-state index contributed by atoms with van der Waals surface area (Å²) in [6.45, 7) is 2.26. The van der Waals surface area contributed by atoms with Gasteiger partial charge in [-0.05, 0) is 78.2 Å². The Bertz CT molecular complexity index is 798. The lowest BCUT2D eigenvalue weighted by Gasteiger charge is -2.53. The molecule has 1 amide bonds. The van der Waals surface area contributed by atoms with E-state index in [0.29, 0.717) is 6.04 Å². The summed E-state index contributed by atoms with van der Waals surface area (Å²) in [5.41, 5.74) is 3.57. The van der Waals surface area contributed by atoms with Crippen LogP contribution >= 0.6 is 11.3 Å². The van der Waals surface area contributed by atoms with Crippen molar-refractivity contribution in [1.29, 1.82) is 0 Å². The monoisotopic (exact) mass is 368 g/mol. The molecule has 5 heteroatoms. The number of hydrogen-bond donors (Lipinski definition) is 1. The number of benzene rings is 1. The van der Waals surface area contributed by atoms with Gasteiger partial charge >= 0.3 is 6.09 Å². The van der Waals surface area contributed by atoms with Crippen LogP contribution in [0.5, 0.6) is 0 Å². The van der Waals surface area contributed by atoms with Gasteiger partial charge < -0.3 is 5.11 Å². The first-order valence-electron chi connectivity index (χ1n) is 9.57. The summed E-state index contributed by atoms with van der Waals surface area (Å²) in [4.78, 5) is 16.8. The minimum absolute atomic E-state index is 0.0374. The van der Waals surface area contributed by atoms with Crippen LogP contribution in [0.15, 0.2) is 41.1 Å². The van der Waals surface area contributed by atoms with E-state index in [0.717, 1.165) is 43.0 Å². The minimum atomic E-state index is -0.789. The number of amides is 1. The molecule has 1 N–H and O–H groups in total. The summed E-state index contributed by atoms with van der Waals surface area (Å²) >= 11 is 1.64. The van der Waals surface area contributed by atoms with Gasteiger partial charge in [-0.2, -0.15) is 11.3 Å². The lowest BCUT2D eigenvalue weighted by molar-refractivity contribution is -0.0133. The first-order chi connectivity index (χ1) is 12.7. The Labute approximate surface area is 158 Å². The normalized spacial score (nSPS) is 33.1. The van der Waals surface area contributed by atoms with Crippen LogP contribution in [-0.4, -0.2) is 46.2 Å². The van der Waals surface area contributed by atoms with E-state index in [9.17, 15) is 9.90 Å². The maximum absolute atomic E-state index is 12.4. The third-order valence-electron chi connectivity index (χ3n) is 6.63. The van der Waals surface area contributed by atoms with Crippen LogP contribution < -0.4 is 0 Å². The second-order valence-corrected chi connectivity index (χ2v) is 8.68. The zero-order valence-corrected chi connectivity index (χ0v) is 15.6. The van der Waals surface area contributed by atoms with Crippen molar-refractivity contribution in [2.45, 2.75) is 43.8 Å². The van der Waals surface area contributed by atoms with Crippen molar-refractivity contribution in [3.63, 3.8) is 0 Å². The molecule has 0 aliphatic carbocycles. The molecule has 1 aromatic carbocycles. The van der Waals surface area contributed by atoms with Crippen molar-refractivity contribution >= 4 is 17.4 Å². The molecule has 0 spiro atoms. The predicted octanol–water partition coefficient (Wildman–Crippen LogP) is 4.23. The van der Waals surface area contributed by atoms with Crippen molar-refractivity contribution in [1.82, 2.24) is 9.80 Å². The van der Waals surface area contributed by atoms with Crippen LogP contribution in [-0.2, 0) is 6.42 Å². The Morgan fingerprint density at radius 1 is 1.12 bits per heavy atom. The van der Waals surface area contributed by atoms with Gasteiger partial charge in [-0.15, -0.1) is 0 Å². The molecule has 4 aliphatic rings. The topological polar surface area (TPSA) is 43.8 Å². The fourth-order valence-electron chi connectivity index (χ4n) is 5.41. The number of fused-ring (bicyclic) bond motifs is 4. The number of thiophene rings is 1. The molecule has 136 valence electrons. The highest BCUT2D eigenvalue weighted by Gasteiger charge is 2.46. The number of carboxylic acid groups (broad SMARTS) is 1. The third kappa shape index (κ3) is 2.57. The summed E-state index contributed by atoms with van der Waals surface area (Å²) in [5, 5.41) is 14.4. The summed E-state index contributed by atoms with van der Waals surface area (Å²) in [6.07, 6.45) is 3.74. The van der Waals surface area contributed by atoms with Gasteiger partial charge in [0.05, 0.1) is 12.1 Å². The lowest BCUT2D eigenvalue weighted by Crippen LogP contribution is -2.61. The highest BCUT2D eigenvalue weighted by molar-refractivity contribution is 7.08. The molecule has 4 nitrogen and oxygen atoms in total. The van der Waals surface area contributed by atoms with Gasteiger partial charge in [-0.25, -0.2) is 4.79 Å². The number of piperidine rings is 3. The molecule has 3 saturated heterocycles. The third-order valence-corrected chi connectivity index (χ3v) is 7.33. The molecule has 0 radical (unpaired) electrons. The standard InChI is InChI=1S/C21H24N2O2S/c24-21(25)23-19(18-11-14-5-8-22(18)9-6-14)12-15-3-1-2-4-17(15)20(23)16-7-10-26-13-16/h1-4,7,10,13-14,18-20H,5-6,8-9,11-12H2,(H,24,25). The molecular weight excluding hydrogens is 344 g/mol. The van der Waals surface area contributed by atoms with E-state index in [4.69, 9.17) is 0 Å². The van der Waals surface area contributed by atoms with Gasteiger partial charge in [0.25, 0.3) is 0 Å². The molecular formula is C21H24N2O2S. The van der Waals surface area contributed by atoms with Crippen molar-refractivity contribution in [3.05, 3.63) is 57.8 Å². The Morgan fingerprint density at radius 2 is 1.92 bits per heavy atom. The van der Waals surface area contributed by atoms with Crippen molar-refractivity contribution in [2.75, 3.05) is 13.1 Å². The highest BCUT2D eigenvalue weighted by atomic mass is 32.1. The number of hydrogen-bond acceptors (Lipinski definition) is 3. The molecule has 4 aliphatic heterocycles. The van der Waals surface area contributed by atoms with Crippen molar-refractivity contribution < 1.29 is 9.90 Å². The van der Waals surface area contributed by atoms with E-state index in [1.165, 1.54) is 18.4 Å². The molecule has 0 saturated carbocycles. The van der Waals surface area contributed by atoms with Crippen molar-refractivity contribution in [3.8, 4) is 0 Å². The van der Waals surface area contributed by atoms with E-state index >= 15 is 0 Å². The van der Waals surface area contributed by atoms with E-state index in [-0.39, 0.29) is 12.1 Å². The van der Waals surface area contributed by atoms with Gasteiger partial charge in [-0.1, -0.05) is 24.3 Å². The molecule has 3 fully saturated rings. The van der Waals surface area contributed by atoms with Gasteiger partial charge in [0.2, 0.25) is 0 Å². The minimum Gasteiger partial charge on any atom is -0.465 e. The quantitative estimate of drug-likeness (QED) is 0.863. The first kappa shape index (κ1) is 16.3. The maximum atomic E-state index is 12.4. The van der Waals surface area contributed by atoms with Gasteiger partial charge in [0.1, 0.15) is 0 Å². The fraction of sp³-hybridized carbons (Fsp3) is 0.476. The molecule has 6 rings (SSSR count). The summed E-state index contributed by atoms with van der Waals surface area (Å²) in [5.74, 6) is 0.775. The number of rotatable bonds is 2. The summed E-state index contributed by atoms with van der Waals surface area (Å²) in [6, 6.07) is 10.7. The van der Waals surface area contributed by atoms with Crippen LogP contribution in [0.4, 0.5) is 4.79 Å². The molecule has 1 aromatic heterocycles. The van der Waals surface area contributed by atoms with Gasteiger partial charge in [0.15, 0.2) is 0 Å². The van der Waals surface area contributed by atoms with Crippen LogP contribution in [0.25, 0.3) is 0 Å². The molecule has 3 atom stereocenters. The fourth-order valence-corrected chi connectivity index (χ4v) is 6.09. The number of carbonyl (C=O) groups is 1. The number of nitrogens with zero attached hydrogens (tertiary/aromatic N) is 2. The molecule has 26 heavy (non-hydrogen) atoms. The van der Waals surface area contributed by atoms with E-state index in [2.05, 4.69) is 34.5 Å². The van der Waals surface area contributed by atoms with Gasteiger partial charge in [-0.3, -0.25) is 9.80 Å². The maximum Gasteiger partial charge on any atom is 0.408 e. The van der Waals surface area contributed by atoms with E-state index in [1.54, 1.807) is 16.2 Å². The Morgan fingerprint density at radius 3 is 2.58 bits per heavy atom. The molecule has 3 unspecified atom stereocenters. The van der Waals surface area contributed by atoms with E-state index in [1.807, 2.05) is 11.4 Å². The van der Waals surface area contributed by atoms with Crippen LogP contribution in [0.3, 0.4) is 0 Å². The summed E-state index contributed by atoms with van der Waals surface area (Å²) in [7, 11) is 0. The molecule has 2 bridgehead atoms. The SMILES string of the molecule is O=C(O)N1C(c2ccsc2)c2ccccc2CC1C1CC2CCN1CC2. The second-order valence-electron chi connectivity index (χ2n) is 7.90. The van der Waals surface area contributed by atoms with Crippen LogP contribution in [0.2, 0.25) is 0 Å². The zero-order valence-electron chi connectivity index (χ0n) is 14.8. The van der Waals surface area contributed by atoms with E-state index < -0.39 is 6.09 Å². The first-order valence-corrected chi connectivity index (χ1v) is 10.5. The average Bonchev–Trinajstić information content (AvgIpc) is 3.21. The van der Waals surface area contributed by atoms with Crippen LogP contribution in [0.1, 0.15) is 42.0 Å². The van der Waals surface area contributed by atoms with Gasteiger partial charge in [0, 0.05) is 6.04 Å². The Balaban J connectivity index is 1.60. The molecule has 2 aromatic rings.